The van der Waals surface area contributed by atoms with Crippen LogP contribution in [0.25, 0.3) is 80.7 Å². The zero-order chi connectivity index (χ0) is 37.5. The Morgan fingerprint density at radius 2 is 1.25 bits per heavy atom. The van der Waals surface area contributed by atoms with Crippen LogP contribution in [-0.2, 0) is 0 Å². The molecule has 57 heavy (non-hydrogen) atoms. The molecule has 1 aliphatic rings. The minimum atomic E-state index is -0.252. The maximum absolute atomic E-state index is 6.59. The molecule has 3 aromatic heterocycles. The van der Waals surface area contributed by atoms with Crippen LogP contribution in [0.2, 0.25) is 0 Å². The third-order valence-electron chi connectivity index (χ3n) is 11.5. The van der Waals surface area contributed by atoms with Crippen LogP contribution in [-0.4, -0.2) is 10.4 Å². The molecule has 12 rings (SSSR count). The van der Waals surface area contributed by atoms with Crippen molar-refractivity contribution >= 4 is 81.1 Å². The second kappa shape index (κ2) is 12.8. The highest BCUT2D eigenvalue weighted by Gasteiger charge is 2.26. The summed E-state index contributed by atoms with van der Waals surface area (Å²) in [5.74, 6) is 0.868. The van der Waals surface area contributed by atoms with Gasteiger partial charge < -0.3 is 14.3 Å². The lowest BCUT2D eigenvalue weighted by atomic mass is 10.00. The van der Waals surface area contributed by atoms with Gasteiger partial charge in [0.25, 0.3) is 0 Å². The molecule has 0 saturated carbocycles. The van der Waals surface area contributed by atoms with E-state index >= 15 is 0 Å². The van der Waals surface area contributed by atoms with Gasteiger partial charge in [-0.15, -0.1) is 11.3 Å². The molecule has 8 aromatic carbocycles. The molecule has 2 unspecified atom stereocenters. The van der Waals surface area contributed by atoms with E-state index in [9.17, 15) is 0 Å². The monoisotopic (exact) mass is 750 g/mol. The third-order valence-corrected chi connectivity index (χ3v) is 12.7. The van der Waals surface area contributed by atoms with Crippen LogP contribution in [0.4, 0.5) is 0 Å². The summed E-state index contributed by atoms with van der Waals surface area (Å²) in [6.07, 6.45) is -0.351. The number of hydrogen-bond acceptors (Lipinski definition) is 5. The maximum atomic E-state index is 6.59. The number of benzene rings is 8. The molecule has 6 heteroatoms. The molecule has 270 valence electrons. The summed E-state index contributed by atoms with van der Waals surface area (Å²) < 4.78 is 11.6. The summed E-state index contributed by atoms with van der Waals surface area (Å²) in [7, 11) is 0. The summed E-state index contributed by atoms with van der Waals surface area (Å²) in [5, 5.41) is 14.6. The van der Waals surface area contributed by atoms with E-state index in [-0.39, 0.29) is 12.3 Å². The number of para-hydroxylation sites is 2. The van der Waals surface area contributed by atoms with Gasteiger partial charge in [0.1, 0.15) is 29.3 Å². The number of nitrogens with one attached hydrogen (secondary N) is 2. The lowest BCUT2D eigenvalue weighted by Crippen LogP contribution is -2.44. The van der Waals surface area contributed by atoms with Gasteiger partial charge in [-0.3, -0.25) is 5.32 Å². The molecule has 2 N–H and O–H groups in total. The highest BCUT2D eigenvalue weighted by Crippen LogP contribution is 2.45. The number of furan rings is 1. The molecule has 0 radical (unpaired) electrons. The van der Waals surface area contributed by atoms with Crippen molar-refractivity contribution in [2.24, 2.45) is 4.99 Å². The van der Waals surface area contributed by atoms with Gasteiger partial charge in [-0.05, 0) is 70.8 Å². The minimum absolute atomic E-state index is 0.0992. The molecule has 0 spiro atoms. The Balaban J connectivity index is 0.960. The van der Waals surface area contributed by atoms with E-state index in [0.29, 0.717) is 0 Å². The van der Waals surface area contributed by atoms with Gasteiger partial charge >= 0.3 is 0 Å². The molecule has 5 nitrogen and oxygen atoms in total. The predicted molar refractivity (Wildman–Crippen MR) is 238 cm³/mol. The molecule has 0 saturated heterocycles. The summed E-state index contributed by atoms with van der Waals surface area (Å²) in [5.41, 5.74) is 11.0. The largest absolute Gasteiger partial charge is 0.456 e. The Morgan fingerprint density at radius 3 is 2.05 bits per heavy atom. The van der Waals surface area contributed by atoms with Crippen LogP contribution in [0.3, 0.4) is 0 Å². The zero-order valence-corrected chi connectivity index (χ0v) is 31.5. The van der Waals surface area contributed by atoms with Crippen LogP contribution < -0.4 is 10.6 Å². The first-order valence-electron chi connectivity index (χ1n) is 19.4. The Hall–Kier alpha value is -6.99. The molecule has 0 bridgehead atoms. The van der Waals surface area contributed by atoms with E-state index in [2.05, 4.69) is 185 Å². The van der Waals surface area contributed by atoms with Crippen LogP contribution in [0.5, 0.6) is 0 Å². The van der Waals surface area contributed by atoms with E-state index in [1.165, 1.54) is 53.2 Å². The molecule has 0 fully saturated rings. The van der Waals surface area contributed by atoms with Gasteiger partial charge in [0, 0.05) is 47.3 Å². The SMILES string of the molecule is c1ccc(C2=NC(c3ccc4oc5cc(-c6cccc7c6sc6cccc(-n8c9ccccc9c9ccccc98)c67)ccc5c4c3)NC(c3ccccc3)N2)cc1. The first kappa shape index (κ1) is 32.3. The van der Waals surface area contributed by atoms with Crippen LogP contribution >= 0.6 is 11.3 Å². The molecule has 2 atom stereocenters. The summed E-state index contributed by atoms with van der Waals surface area (Å²) >= 11 is 1.86. The van der Waals surface area contributed by atoms with Crippen molar-refractivity contribution in [2.45, 2.75) is 12.3 Å². The third kappa shape index (κ3) is 5.15. The van der Waals surface area contributed by atoms with Crippen molar-refractivity contribution in [3.05, 3.63) is 199 Å². The fourth-order valence-corrected chi connectivity index (χ4v) is 10.1. The van der Waals surface area contributed by atoms with E-state index in [0.717, 1.165) is 50.0 Å². The van der Waals surface area contributed by atoms with Crippen LogP contribution in [0.15, 0.2) is 191 Å². The van der Waals surface area contributed by atoms with Gasteiger partial charge in [0.15, 0.2) is 0 Å². The van der Waals surface area contributed by atoms with Gasteiger partial charge in [0.05, 0.1) is 16.7 Å². The van der Waals surface area contributed by atoms with Crippen molar-refractivity contribution in [2.75, 3.05) is 0 Å². The number of aliphatic imine (C=N–C) groups is 1. The molecule has 4 heterocycles. The number of aromatic nitrogens is 1. The normalized spacial score (nSPS) is 15.9. The zero-order valence-electron chi connectivity index (χ0n) is 30.7. The molecule has 11 aromatic rings. The molecular weight excluding hydrogens is 717 g/mol. The van der Waals surface area contributed by atoms with Crippen molar-refractivity contribution in [3.63, 3.8) is 0 Å². The van der Waals surface area contributed by atoms with E-state index in [4.69, 9.17) is 9.41 Å². The van der Waals surface area contributed by atoms with Crippen molar-refractivity contribution in [1.82, 2.24) is 15.2 Å². The van der Waals surface area contributed by atoms with Gasteiger partial charge in [-0.2, -0.15) is 0 Å². The Morgan fingerprint density at radius 1 is 0.526 bits per heavy atom. The first-order valence-corrected chi connectivity index (χ1v) is 20.2. The number of rotatable bonds is 5. The molecular formula is C51H34N4OS. The lowest BCUT2D eigenvalue weighted by molar-refractivity contribution is 0.409. The van der Waals surface area contributed by atoms with E-state index in [1.807, 2.05) is 23.5 Å². The number of nitrogens with zero attached hydrogens (tertiary/aromatic N) is 2. The second-order valence-electron chi connectivity index (χ2n) is 14.8. The summed E-state index contributed by atoms with van der Waals surface area (Å²) in [4.78, 5) is 5.19. The Bertz CT molecular complexity index is 3320. The van der Waals surface area contributed by atoms with E-state index in [1.54, 1.807) is 0 Å². The van der Waals surface area contributed by atoms with Crippen LogP contribution in [0, 0.1) is 0 Å². The average Bonchev–Trinajstić information content (AvgIpc) is 3.96. The number of amidine groups is 1. The summed E-state index contributed by atoms with van der Waals surface area (Å²) in [6.45, 7) is 0. The van der Waals surface area contributed by atoms with E-state index < -0.39 is 0 Å². The number of fused-ring (bicyclic) bond motifs is 9. The smallest absolute Gasteiger partial charge is 0.136 e. The standard InChI is InChI=1S/C51H34N4OS/c1-3-13-31(14-4-1)49-52-50(32-15-5-2-6-16-32)54-51(53-49)34-26-28-44-40(29-34)38-27-25-33(30-45(38)56-44)35-19-11-20-39-47-43(23-12-24-46(47)57-48(35)39)55-41-21-9-7-17-36(41)37-18-8-10-22-42(37)55/h1-30,49,51,53H,(H,52,54). The van der Waals surface area contributed by atoms with Gasteiger partial charge in [0.2, 0.25) is 0 Å². The first-order chi connectivity index (χ1) is 28.2. The fraction of sp³-hybridized carbons (Fsp3) is 0.0392. The second-order valence-corrected chi connectivity index (χ2v) is 15.8. The van der Waals surface area contributed by atoms with Crippen LogP contribution in [0.1, 0.15) is 29.0 Å². The predicted octanol–water partition coefficient (Wildman–Crippen LogP) is 13.1. The molecule has 0 amide bonds. The topological polar surface area (TPSA) is 54.5 Å². The fourth-order valence-electron chi connectivity index (χ4n) is 8.85. The van der Waals surface area contributed by atoms with Gasteiger partial charge in [-0.1, -0.05) is 133 Å². The number of hydrogen-bond donors (Lipinski definition) is 2. The molecule has 1 aliphatic heterocycles. The quantitative estimate of drug-likeness (QED) is 0.184. The maximum Gasteiger partial charge on any atom is 0.136 e. The average molecular weight is 751 g/mol. The van der Waals surface area contributed by atoms with Gasteiger partial charge in [-0.25, -0.2) is 4.99 Å². The highest BCUT2D eigenvalue weighted by molar-refractivity contribution is 7.26. The van der Waals surface area contributed by atoms with Crippen molar-refractivity contribution in [3.8, 4) is 16.8 Å². The van der Waals surface area contributed by atoms with Crippen molar-refractivity contribution in [1.29, 1.82) is 0 Å². The summed E-state index contributed by atoms with van der Waals surface area (Å²) in [6, 6.07) is 64.9. The Kier molecular flexibility index (Phi) is 7.24. The molecule has 0 aliphatic carbocycles. The minimum Gasteiger partial charge on any atom is -0.456 e. The highest BCUT2D eigenvalue weighted by atomic mass is 32.1. The lowest BCUT2D eigenvalue weighted by Gasteiger charge is -2.32. The van der Waals surface area contributed by atoms with Crippen molar-refractivity contribution < 1.29 is 4.42 Å². The Labute approximate surface area is 332 Å². The number of thiophene rings is 1.